The van der Waals surface area contributed by atoms with Crippen molar-refractivity contribution >= 4 is 34.2 Å². The topological polar surface area (TPSA) is 136 Å². The standard InChI is InChI=1S/C27H26ClN5O5/c1-13-9-17(15(3)37-19-5-6-21(28)31-22(19)26(29)32-35)25-18(10-13)23(34)14(2)24(38-25)16-11-20-27(30-12-16)33(4)7-8-36-20/h5-6,9-12,15,35H,7-8H2,1-4H3,(H2,29,32)/t15-/m1/s1. The van der Waals surface area contributed by atoms with Crippen molar-refractivity contribution in [2.45, 2.75) is 26.9 Å². The third-order valence-corrected chi connectivity index (χ3v) is 6.66. The van der Waals surface area contributed by atoms with Gasteiger partial charge in [0.2, 0.25) is 0 Å². The molecule has 3 N–H and O–H groups in total. The third-order valence-electron chi connectivity index (χ3n) is 6.45. The first-order chi connectivity index (χ1) is 18.2. The number of halogens is 1. The summed E-state index contributed by atoms with van der Waals surface area (Å²) < 4.78 is 18.4. The molecule has 11 heteroatoms. The number of nitrogens with two attached hydrogens (primary N) is 1. The molecule has 0 saturated heterocycles. The summed E-state index contributed by atoms with van der Waals surface area (Å²) in [5, 5.41) is 12.8. The van der Waals surface area contributed by atoms with E-state index in [1.165, 1.54) is 6.07 Å². The second kappa shape index (κ2) is 9.86. The van der Waals surface area contributed by atoms with Crippen molar-refractivity contribution in [2.75, 3.05) is 25.1 Å². The first kappa shape index (κ1) is 25.3. The van der Waals surface area contributed by atoms with Crippen molar-refractivity contribution in [2.24, 2.45) is 10.9 Å². The van der Waals surface area contributed by atoms with Gasteiger partial charge >= 0.3 is 0 Å². The largest absolute Gasteiger partial charge is 0.488 e. The zero-order chi connectivity index (χ0) is 27.1. The highest BCUT2D eigenvalue weighted by Gasteiger charge is 2.23. The van der Waals surface area contributed by atoms with Gasteiger partial charge in [-0.15, -0.1) is 0 Å². The number of fused-ring (bicyclic) bond motifs is 2. The van der Waals surface area contributed by atoms with E-state index in [1.807, 2.05) is 37.9 Å². The maximum absolute atomic E-state index is 13.5. The Hall–Kier alpha value is -4.31. The van der Waals surface area contributed by atoms with E-state index < -0.39 is 6.10 Å². The van der Waals surface area contributed by atoms with Crippen LogP contribution in [0.1, 0.15) is 35.4 Å². The smallest absolute Gasteiger partial charge is 0.196 e. The molecule has 10 nitrogen and oxygen atoms in total. The number of aromatic nitrogens is 2. The molecule has 0 unspecified atom stereocenters. The SMILES string of the molecule is Cc1cc([C@@H](C)Oc2ccc(Cl)nc2/C(N)=N/O)c2oc(-c3cnc4c(c3)OCCN4C)c(C)c(=O)c2c1. The Morgan fingerprint density at radius 1 is 1.29 bits per heavy atom. The molecule has 0 bridgehead atoms. The zero-order valence-electron chi connectivity index (χ0n) is 21.3. The number of ether oxygens (including phenoxy) is 2. The Morgan fingerprint density at radius 2 is 2.08 bits per heavy atom. The van der Waals surface area contributed by atoms with Crippen LogP contribution in [-0.2, 0) is 0 Å². The number of pyridine rings is 2. The van der Waals surface area contributed by atoms with Gasteiger partial charge in [0.25, 0.3) is 0 Å². The Balaban J connectivity index is 1.64. The molecule has 1 aliphatic heterocycles. The van der Waals surface area contributed by atoms with Gasteiger partial charge in [-0.25, -0.2) is 9.97 Å². The lowest BCUT2D eigenvalue weighted by Gasteiger charge is -2.26. The molecule has 0 spiro atoms. The van der Waals surface area contributed by atoms with Crippen molar-refractivity contribution in [3.8, 4) is 22.8 Å². The fraction of sp³-hybridized carbons (Fsp3) is 0.259. The number of oxime groups is 1. The minimum absolute atomic E-state index is 0.0897. The zero-order valence-corrected chi connectivity index (χ0v) is 22.0. The Morgan fingerprint density at radius 3 is 2.84 bits per heavy atom. The Labute approximate surface area is 223 Å². The molecular weight excluding hydrogens is 510 g/mol. The van der Waals surface area contributed by atoms with Gasteiger partial charge in [0, 0.05) is 29.9 Å². The number of rotatable bonds is 5. The molecule has 3 aromatic heterocycles. The number of benzene rings is 1. The van der Waals surface area contributed by atoms with Crippen molar-refractivity contribution in [3.63, 3.8) is 0 Å². The summed E-state index contributed by atoms with van der Waals surface area (Å²) in [5.41, 5.74) is 8.71. The highest BCUT2D eigenvalue weighted by atomic mass is 35.5. The van der Waals surface area contributed by atoms with Crippen LogP contribution in [-0.4, -0.2) is 41.2 Å². The molecule has 1 atom stereocenters. The van der Waals surface area contributed by atoms with Crippen LogP contribution in [0.4, 0.5) is 5.82 Å². The fourth-order valence-electron chi connectivity index (χ4n) is 4.50. The summed E-state index contributed by atoms with van der Waals surface area (Å²) in [5.74, 6) is 1.77. The van der Waals surface area contributed by atoms with Gasteiger partial charge in [-0.2, -0.15) is 0 Å². The summed E-state index contributed by atoms with van der Waals surface area (Å²) in [6, 6.07) is 8.65. The molecule has 0 radical (unpaired) electrons. The molecule has 0 saturated carbocycles. The lowest BCUT2D eigenvalue weighted by Crippen LogP contribution is -2.29. The summed E-state index contributed by atoms with van der Waals surface area (Å²) in [7, 11) is 1.95. The van der Waals surface area contributed by atoms with E-state index in [1.54, 1.807) is 25.3 Å². The van der Waals surface area contributed by atoms with E-state index in [-0.39, 0.29) is 27.9 Å². The van der Waals surface area contributed by atoms with Gasteiger partial charge in [0.05, 0.1) is 11.9 Å². The molecule has 1 aromatic carbocycles. The van der Waals surface area contributed by atoms with Crippen molar-refractivity contribution in [1.82, 2.24) is 9.97 Å². The summed E-state index contributed by atoms with van der Waals surface area (Å²) in [6.07, 6.45) is 1.07. The minimum atomic E-state index is -0.608. The number of nitrogens with zero attached hydrogens (tertiary/aromatic N) is 4. The first-order valence-electron chi connectivity index (χ1n) is 11.9. The number of anilines is 1. The molecule has 196 valence electrons. The van der Waals surface area contributed by atoms with Gasteiger partial charge in [0.15, 0.2) is 28.5 Å². The van der Waals surface area contributed by atoms with Crippen molar-refractivity contribution in [3.05, 3.63) is 74.3 Å². The molecule has 1 aliphatic rings. The summed E-state index contributed by atoms with van der Waals surface area (Å²) >= 11 is 6.01. The molecule has 4 aromatic rings. The Kier molecular flexibility index (Phi) is 6.58. The van der Waals surface area contributed by atoms with Crippen LogP contribution in [0.25, 0.3) is 22.3 Å². The molecule has 38 heavy (non-hydrogen) atoms. The lowest BCUT2D eigenvalue weighted by atomic mass is 10.00. The fourth-order valence-corrected chi connectivity index (χ4v) is 4.65. The second-order valence-electron chi connectivity index (χ2n) is 9.16. The molecular formula is C27H26ClN5O5. The molecule has 0 fully saturated rings. The summed E-state index contributed by atoms with van der Waals surface area (Å²) in [4.78, 5) is 24.2. The van der Waals surface area contributed by atoms with E-state index in [4.69, 9.17) is 31.2 Å². The third kappa shape index (κ3) is 4.47. The lowest BCUT2D eigenvalue weighted by molar-refractivity contribution is 0.225. The number of hydrogen-bond acceptors (Lipinski definition) is 9. The van der Waals surface area contributed by atoms with Gasteiger partial charge in [0.1, 0.15) is 35.0 Å². The van der Waals surface area contributed by atoms with E-state index in [0.29, 0.717) is 45.8 Å². The van der Waals surface area contributed by atoms with Gasteiger partial charge in [-0.05, 0) is 56.7 Å². The van der Waals surface area contributed by atoms with Gasteiger partial charge in [-0.3, -0.25) is 4.79 Å². The number of hydrogen-bond donors (Lipinski definition) is 2. The second-order valence-corrected chi connectivity index (χ2v) is 9.55. The highest BCUT2D eigenvalue weighted by Crippen LogP contribution is 2.36. The van der Waals surface area contributed by atoms with Gasteiger partial charge in [-0.1, -0.05) is 16.8 Å². The molecule has 0 aliphatic carbocycles. The predicted molar refractivity (Wildman–Crippen MR) is 145 cm³/mol. The average Bonchev–Trinajstić information content (AvgIpc) is 2.91. The first-order valence-corrected chi connectivity index (χ1v) is 12.3. The van der Waals surface area contributed by atoms with E-state index in [9.17, 15) is 10.0 Å². The maximum atomic E-state index is 13.5. The minimum Gasteiger partial charge on any atom is -0.488 e. The van der Waals surface area contributed by atoms with Crippen molar-refractivity contribution in [1.29, 1.82) is 0 Å². The van der Waals surface area contributed by atoms with E-state index in [2.05, 4.69) is 15.1 Å². The molecule has 0 amide bonds. The predicted octanol–water partition coefficient (Wildman–Crippen LogP) is 4.58. The van der Waals surface area contributed by atoms with Crippen LogP contribution in [0.15, 0.2) is 50.9 Å². The van der Waals surface area contributed by atoms with E-state index in [0.717, 1.165) is 17.9 Å². The monoisotopic (exact) mass is 535 g/mol. The van der Waals surface area contributed by atoms with Crippen LogP contribution in [0, 0.1) is 13.8 Å². The van der Waals surface area contributed by atoms with Crippen molar-refractivity contribution < 1.29 is 19.1 Å². The van der Waals surface area contributed by atoms with Crippen LogP contribution in [0.5, 0.6) is 11.5 Å². The van der Waals surface area contributed by atoms with Gasteiger partial charge < -0.3 is 29.7 Å². The number of amidine groups is 1. The normalized spacial score (nSPS) is 14.2. The molecule has 5 rings (SSSR count). The summed E-state index contributed by atoms with van der Waals surface area (Å²) in [6.45, 7) is 6.72. The van der Waals surface area contributed by atoms with Crippen LogP contribution < -0.4 is 25.5 Å². The number of likely N-dealkylation sites (N-methyl/N-ethyl adjacent to an activating group) is 1. The van der Waals surface area contributed by atoms with Crippen LogP contribution in [0.2, 0.25) is 5.15 Å². The maximum Gasteiger partial charge on any atom is 0.196 e. The molecule has 4 heterocycles. The quantitative estimate of drug-likeness (QED) is 0.124. The van der Waals surface area contributed by atoms with E-state index >= 15 is 0 Å². The highest BCUT2D eigenvalue weighted by molar-refractivity contribution is 6.29. The van der Waals surface area contributed by atoms with Crippen LogP contribution >= 0.6 is 11.6 Å². The number of aryl methyl sites for hydroxylation is 1. The average molecular weight is 536 g/mol. The van der Waals surface area contributed by atoms with Crippen LogP contribution in [0.3, 0.4) is 0 Å². The Bertz CT molecular complexity index is 1650.